The van der Waals surface area contributed by atoms with Gasteiger partial charge in [-0.3, -0.25) is 0 Å². The van der Waals surface area contributed by atoms with Crippen molar-refractivity contribution >= 4 is 5.69 Å². The molecule has 0 saturated heterocycles. The van der Waals surface area contributed by atoms with E-state index in [2.05, 4.69) is 17.9 Å². The molecule has 2 rings (SSSR count). The first kappa shape index (κ1) is 12.7. The second-order valence-corrected chi connectivity index (χ2v) is 4.35. The lowest BCUT2D eigenvalue weighted by Crippen LogP contribution is -2.09. The second kappa shape index (κ2) is 5.76. The largest absolute Gasteiger partial charge is 0.377 e. The number of para-hydroxylation sites is 1. The van der Waals surface area contributed by atoms with E-state index in [1.165, 1.54) is 0 Å². The van der Waals surface area contributed by atoms with Crippen LogP contribution in [-0.4, -0.2) is 14.1 Å². The molecule has 2 aromatic carbocycles. The van der Waals surface area contributed by atoms with Gasteiger partial charge in [0, 0.05) is 25.2 Å². The lowest BCUT2D eigenvalue weighted by molar-refractivity contribution is 1.13. The summed E-state index contributed by atoms with van der Waals surface area (Å²) in [6, 6.07) is 17.4. The molecule has 0 atom stereocenters. The van der Waals surface area contributed by atoms with E-state index < -0.39 is 0 Å². The molecular formula is C17H14N2. The number of nitrogens with zero attached hydrogens (tertiary/aromatic N) is 2. The van der Waals surface area contributed by atoms with Crippen molar-refractivity contribution in [3.63, 3.8) is 0 Å². The van der Waals surface area contributed by atoms with E-state index in [-0.39, 0.29) is 0 Å². The van der Waals surface area contributed by atoms with Crippen molar-refractivity contribution in [1.29, 1.82) is 5.26 Å². The van der Waals surface area contributed by atoms with Gasteiger partial charge in [0.05, 0.1) is 17.3 Å². The molecule has 0 spiro atoms. The molecule has 0 fully saturated rings. The molecule has 2 aromatic rings. The molecular weight excluding hydrogens is 232 g/mol. The van der Waals surface area contributed by atoms with E-state index in [1.807, 2.05) is 55.4 Å². The highest BCUT2D eigenvalue weighted by Crippen LogP contribution is 2.16. The SMILES string of the molecule is CN(C)c1ccccc1C#Cc1ccc(C#N)cc1. The van der Waals surface area contributed by atoms with Crippen molar-refractivity contribution in [3.05, 3.63) is 65.2 Å². The monoisotopic (exact) mass is 246 g/mol. The maximum Gasteiger partial charge on any atom is 0.0991 e. The summed E-state index contributed by atoms with van der Waals surface area (Å²) in [5.74, 6) is 6.30. The predicted molar refractivity (Wildman–Crippen MR) is 77.9 cm³/mol. The van der Waals surface area contributed by atoms with Crippen molar-refractivity contribution in [3.8, 4) is 17.9 Å². The first-order valence-corrected chi connectivity index (χ1v) is 5.99. The van der Waals surface area contributed by atoms with Gasteiger partial charge in [0.2, 0.25) is 0 Å². The Morgan fingerprint density at radius 1 is 0.842 bits per heavy atom. The highest BCUT2D eigenvalue weighted by Gasteiger charge is 1.99. The van der Waals surface area contributed by atoms with Crippen LogP contribution >= 0.6 is 0 Å². The molecule has 0 aromatic heterocycles. The summed E-state index contributed by atoms with van der Waals surface area (Å²) >= 11 is 0. The maximum absolute atomic E-state index is 8.74. The van der Waals surface area contributed by atoms with Gasteiger partial charge in [0.15, 0.2) is 0 Å². The summed E-state index contributed by atoms with van der Waals surface area (Å²) in [6.45, 7) is 0. The molecule has 2 heteroatoms. The van der Waals surface area contributed by atoms with Crippen LogP contribution in [0.25, 0.3) is 0 Å². The number of benzene rings is 2. The Morgan fingerprint density at radius 3 is 2.11 bits per heavy atom. The molecule has 92 valence electrons. The average Bonchev–Trinajstić information content (AvgIpc) is 2.46. The van der Waals surface area contributed by atoms with E-state index in [4.69, 9.17) is 5.26 Å². The van der Waals surface area contributed by atoms with Crippen LogP contribution in [0.5, 0.6) is 0 Å². The zero-order valence-electron chi connectivity index (χ0n) is 11.0. The molecule has 0 bridgehead atoms. The standard InChI is InChI=1S/C17H14N2/c1-19(2)17-6-4-3-5-16(17)12-11-14-7-9-15(13-18)10-8-14/h3-10H,1-2H3. The highest BCUT2D eigenvalue weighted by atomic mass is 15.1. The van der Waals surface area contributed by atoms with Gasteiger partial charge < -0.3 is 4.90 Å². The van der Waals surface area contributed by atoms with Crippen LogP contribution in [0.15, 0.2) is 48.5 Å². The number of hydrogen-bond acceptors (Lipinski definition) is 2. The van der Waals surface area contributed by atoms with Gasteiger partial charge in [0.25, 0.3) is 0 Å². The number of nitriles is 1. The lowest BCUT2D eigenvalue weighted by atomic mass is 10.1. The molecule has 19 heavy (non-hydrogen) atoms. The van der Waals surface area contributed by atoms with Crippen molar-refractivity contribution in [2.75, 3.05) is 19.0 Å². The molecule has 0 aliphatic rings. The van der Waals surface area contributed by atoms with Crippen LogP contribution < -0.4 is 4.90 Å². The molecule has 0 heterocycles. The number of anilines is 1. The number of rotatable bonds is 1. The summed E-state index contributed by atoms with van der Waals surface area (Å²) in [4.78, 5) is 2.04. The van der Waals surface area contributed by atoms with Gasteiger partial charge in [-0.1, -0.05) is 24.0 Å². The summed E-state index contributed by atoms with van der Waals surface area (Å²) in [5, 5.41) is 8.74. The molecule has 0 N–H and O–H groups in total. The van der Waals surface area contributed by atoms with Crippen LogP contribution in [0, 0.1) is 23.2 Å². The summed E-state index contributed by atoms with van der Waals surface area (Å²) in [6.07, 6.45) is 0. The third-order valence-electron chi connectivity index (χ3n) is 2.74. The fourth-order valence-electron chi connectivity index (χ4n) is 1.74. The highest BCUT2D eigenvalue weighted by molar-refractivity contribution is 5.61. The minimum absolute atomic E-state index is 0.652. The van der Waals surface area contributed by atoms with Crippen molar-refractivity contribution in [2.24, 2.45) is 0 Å². The van der Waals surface area contributed by atoms with Crippen molar-refractivity contribution in [2.45, 2.75) is 0 Å². The Hall–Kier alpha value is -2.71. The molecule has 2 nitrogen and oxygen atoms in total. The lowest BCUT2D eigenvalue weighted by Gasteiger charge is -2.13. The summed E-state index contributed by atoms with van der Waals surface area (Å²) in [7, 11) is 4.00. The first-order chi connectivity index (χ1) is 9.20. The molecule has 0 aliphatic heterocycles. The Morgan fingerprint density at radius 2 is 1.47 bits per heavy atom. The van der Waals surface area contributed by atoms with Crippen LogP contribution in [0.2, 0.25) is 0 Å². The van der Waals surface area contributed by atoms with Crippen LogP contribution in [0.1, 0.15) is 16.7 Å². The first-order valence-electron chi connectivity index (χ1n) is 5.99. The Kier molecular flexibility index (Phi) is 3.86. The van der Waals surface area contributed by atoms with E-state index in [9.17, 15) is 0 Å². The van der Waals surface area contributed by atoms with E-state index in [0.717, 1.165) is 16.8 Å². The van der Waals surface area contributed by atoms with Gasteiger partial charge >= 0.3 is 0 Å². The van der Waals surface area contributed by atoms with Gasteiger partial charge in [-0.15, -0.1) is 0 Å². The normalized spacial score (nSPS) is 9.11. The smallest absolute Gasteiger partial charge is 0.0991 e. The quantitative estimate of drug-likeness (QED) is 0.723. The van der Waals surface area contributed by atoms with Crippen LogP contribution in [-0.2, 0) is 0 Å². The fraction of sp³-hybridized carbons (Fsp3) is 0.118. The van der Waals surface area contributed by atoms with Gasteiger partial charge in [-0.05, 0) is 36.4 Å². The summed E-state index contributed by atoms with van der Waals surface area (Å²) < 4.78 is 0. The third kappa shape index (κ3) is 3.15. The van der Waals surface area contributed by atoms with E-state index in [1.54, 1.807) is 12.1 Å². The molecule has 0 amide bonds. The minimum Gasteiger partial charge on any atom is -0.377 e. The zero-order valence-corrected chi connectivity index (χ0v) is 11.0. The van der Waals surface area contributed by atoms with Crippen LogP contribution in [0.4, 0.5) is 5.69 Å². The average molecular weight is 246 g/mol. The Bertz CT molecular complexity index is 665. The molecule has 0 radical (unpaired) electrons. The second-order valence-electron chi connectivity index (χ2n) is 4.35. The predicted octanol–water partition coefficient (Wildman–Crippen LogP) is 3.02. The van der Waals surface area contributed by atoms with Gasteiger partial charge in [-0.25, -0.2) is 0 Å². The van der Waals surface area contributed by atoms with Crippen LogP contribution in [0.3, 0.4) is 0 Å². The third-order valence-corrected chi connectivity index (χ3v) is 2.74. The van der Waals surface area contributed by atoms with Crippen molar-refractivity contribution < 1.29 is 0 Å². The zero-order chi connectivity index (χ0) is 13.7. The Labute approximate surface area is 113 Å². The van der Waals surface area contributed by atoms with Crippen molar-refractivity contribution in [1.82, 2.24) is 0 Å². The summed E-state index contributed by atoms with van der Waals surface area (Å²) in [5.41, 5.74) is 3.66. The van der Waals surface area contributed by atoms with E-state index >= 15 is 0 Å². The minimum atomic E-state index is 0.652. The van der Waals surface area contributed by atoms with Gasteiger partial charge in [0.1, 0.15) is 0 Å². The molecule has 0 aliphatic carbocycles. The molecule has 0 unspecified atom stereocenters. The maximum atomic E-state index is 8.74. The van der Waals surface area contributed by atoms with Gasteiger partial charge in [-0.2, -0.15) is 5.26 Å². The topological polar surface area (TPSA) is 27.0 Å². The number of hydrogen-bond donors (Lipinski definition) is 0. The fourth-order valence-corrected chi connectivity index (χ4v) is 1.74. The Balaban J connectivity index is 2.31. The van der Waals surface area contributed by atoms with E-state index in [0.29, 0.717) is 5.56 Å². The molecule has 0 saturated carbocycles.